The summed E-state index contributed by atoms with van der Waals surface area (Å²) >= 11 is 5.97. The molecule has 3 aromatic carbocycles. The number of amides is 2. The Hall–Kier alpha value is -3.57. The predicted octanol–water partition coefficient (Wildman–Crippen LogP) is 5.13. The van der Waals surface area contributed by atoms with Crippen molar-refractivity contribution in [3.8, 4) is 5.75 Å². The molecule has 0 saturated heterocycles. The van der Waals surface area contributed by atoms with Gasteiger partial charge in [-0.25, -0.2) is 0 Å². The molecule has 156 valence electrons. The van der Waals surface area contributed by atoms with Crippen LogP contribution in [0.1, 0.15) is 18.1 Å². The number of carbonyl (C=O) groups is 2. The number of nitrogens with one attached hydrogen (secondary N) is 1. The lowest BCUT2D eigenvalue weighted by atomic mass is 10.0. The Labute approximate surface area is 185 Å². The molecular weight excluding hydrogens is 412 g/mol. The third-order valence-corrected chi connectivity index (χ3v) is 5.18. The highest BCUT2D eigenvalue weighted by Crippen LogP contribution is 2.34. The summed E-state index contributed by atoms with van der Waals surface area (Å²) in [6.45, 7) is 2.53. The fourth-order valence-electron chi connectivity index (χ4n) is 3.47. The van der Waals surface area contributed by atoms with Crippen LogP contribution in [-0.4, -0.2) is 23.3 Å². The van der Waals surface area contributed by atoms with E-state index in [4.69, 9.17) is 16.3 Å². The summed E-state index contributed by atoms with van der Waals surface area (Å²) in [6, 6.07) is 23.6. The van der Waals surface area contributed by atoms with Gasteiger partial charge in [-0.05, 0) is 42.3 Å². The zero-order valence-electron chi connectivity index (χ0n) is 17.0. The van der Waals surface area contributed by atoms with E-state index in [1.165, 1.54) is 4.90 Å². The van der Waals surface area contributed by atoms with Crippen LogP contribution in [0, 0.1) is 0 Å². The van der Waals surface area contributed by atoms with Crippen molar-refractivity contribution in [1.29, 1.82) is 0 Å². The van der Waals surface area contributed by atoms with Crippen LogP contribution in [0.2, 0.25) is 5.02 Å². The first kappa shape index (κ1) is 20.7. The molecule has 0 radical (unpaired) electrons. The number of rotatable bonds is 7. The molecule has 0 atom stereocenters. The highest BCUT2D eigenvalue weighted by Gasteiger charge is 2.39. The Morgan fingerprint density at radius 3 is 2.26 bits per heavy atom. The van der Waals surface area contributed by atoms with Crippen molar-refractivity contribution in [1.82, 2.24) is 4.90 Å². The molecule has 1 N–H and O–H groups in total. The maximum Gasteiger partial charge on any atom is 0.278 e. The van der Waals surface area contributed by atoms with Crippen molar-refractivity contribution in [3.05, 3.63) is 101 Å². The van der Waals surface area contributed by atoms with Gasteiger partial charge in [-0.3, -0.25) is 14.5 Å². The molecule has 0 aliphatic carbocycles. The van der Waals surface area contributed by atoms with Crippen molar-refractivity contribution in [2.75, 3.05) is 11.9 Å². The summed E-state index contributed by atoms with van der Waals surface area (Å²) in [6.07, 6.45) is 0. The Bertz CT molecular complexity index is 1140. The number of benzene rings is 3. The van der Waals surface area contributed by atoms with E-state index in [-0.39, 0.29) is 24.1 Å². The van der Waals surface area contributed by atoms with E-state index >= 15 is 0 Å². The number of carbonyl (C=O) groups excluding carboxylic acids is 2. The minimum Gasteiger partial charge on any atom is -0.492 e. The van der Waals surface area contributed by atoms with Crippen molar-refractivity contribution in [3.63, 3.8) is 0 Å². The number of halogens is 1. The van der Waals surface area contributed by atoms with E-state index < -0.39 is 0 Å². The zero-order valence-corrected chi connectivity index (χ0v) is 17.7. The Kier molecular flexibility index (Phi) is 6.05. The first-order valence-corrected chi connectivity index (χ1v) is 10.4. The summed E-state index contributed by atoms with van der Waals surface area (Å²) < 4.78 is 5.68. The highest BCUT2D eigenvalue weighted by atomic mass is 35.5. The lowest BCUT2D eigenvalue weighted by molar-refractivity contribution is -0.137. The van der Waals surface area contributed by atoms with E-state index in [0.717, 1.165) is 5.56 Å². The van der Waals surface area contributed by atoms with E-state index in [2.05, 4.69) is 5.32 Å². The number of ether oxygens (including phenoxy) is 1. The molecule has 0 saturated carbocycles. The van der Waals surface area contributed by atoms with Gasteiger partial charge < -0.3 is 10.1 Å². The second-order valence-electron chi connectivity index (χ2n) is 6.99. The van der Waals surface area contributed by atoms with E-state index in [9.17, 15) is 9.59 Å². The monoisotopic (exact) mass is 432 g/mol. The molecule has 0 unspecified atom stereocenters. The Morgan fingerprint density at radius 1 is 0.871 bits per heavy atom. The lowest BCUT2D eigenvalue weighted by Gasteiger charge is -2.16. The normalized spacial score (nSPS) is 13.7. The zero-order chi connectivity index (χ0) is 21.8. The summed E-state index contributed by atoms with van der Waals surface area (Å²) in [7, 11) is 0. The topological polar surface area (TPSA) is 58.6 Å². The van der Waals surface area contributed by atoms with Crippen LogP contribution >= 0.6 is 11.6 Å². The van der Waals surface area contributed by atoms with Crippen molar-refractivity contribution < 1.29 is 14.3 Å². The van der Waals surface area contributed by atoms with Gasteiger partial charge in [0.25, 0.3) is 11.8 Å². The van der Waals surface area contributed by atoms with Crippen molar-refractivity contribution in [2.45, 2.75) is 13.5 Å². The number of nitrogens with zero attached hydrogens (tertiary/aromatic N) is 1. The quantitative estimate of drug-likeness (QED) is 0.526. The number of imide groups is 1. The molecule has 4 rings (SSSR count). The molecular formula is C25H21ClN2O3. The summed E-state index contributed by atoms with van der Waals surface area (Å²) in [5.41, 5.74) is 2.69. The highest BCUT2D eigenvalue weighted by molar-refractivity contribution is 6.36. The van der Waals surface area contributed by atoms with Crippen LogP contribution in [-0.2, 0) is 16.1 Å². The average Bonchev–Trinajstić information content (AvgIpc) is 3.01. The molecule has 1 aliphatic rings. The second-order valence-corrected chi connectivity index (χ2v) is 7.43. The van der Waals surface area contributed by atoms with Crippen LogP contribution in [0.5, 0.6) is 5.75 Å². The van der Waals surface area contributed by atoms with Gasteiger partial charge >= 0.3 is 0 Å². The van der Waals surface area contributed by atoms with Crippen LogP contribution in [0.25, 0.3) is 5.57 Å². The first-order chi connectivity index (χ1) is 15.1. The standard InChI is InChI=1S/C25H21ClN2O3/c1-2-31-21-11-7-6-10-20(21)27-23-22(18-8-4-3-5-9-18)24(29)28(25(23)30)16-17-12-14-19(26)15-13-17/h3-15,27H,2,16H2,1H3. The molecule has 3 aromatic rings. The summed E-state index contributed by atoms with van der Waals surface area (Å²) in [4.78, 5) is 28.0. The number of hydrogen-bond donors (Lipinski definition) is 1. The Balaban J connectivity index is 1.73. The maximum atomic E-state index is 13.4. The first-order valence-electron chi connectivity index (χ1n) is 9.97. The van der Waals surface area contributed by atoms with E-state index in [1.54, 1.807) is 24.3 Å². The lowest BCUT2D eigenvalue weighted by Crippen LogP contribution is -2.32. The van der Waals surface area contributed by atoms with Gasteiger partial charge in [0.15, 0.2) is 0 Å². The van der Waals surface area contributed by atoms with Gasteiger partial charge in [0.1, 0.15) is 11.4 Å². The predicted molar refractivity (Wildman–Crippen MR) is 122 cm³/mol. The minimum atomic E-state index is -0.384. The minimum absolute atomic E-state index is 0.156. The second kappa shape index (κ2) is 9.06. The third kappa shape index (κ3) is 4.32. The van der Waals surface area contributed by atoms with Gasteiger partial charge in [-0.2, -0.15) is 0 Å². The van der Waals surface area contributed by atoms with Crippen molar-refractivity contribution in [2.24, 2.45) is 0 Å². The summed E-state index contributed by atoms with van der Waals surface area (Å²) in [5.74, 6) is -0.117. The molecule has 0 aromatic heterocycles. The molecule has 0 bridgehead atoms. The van der Waals surface area contributed by atoms with E-state index in [0.29, 0.717) is 34.2 Å². The molecule has 0 spiro atoms. The van der Waals surface area contributed by atoms with Crippen LogP contribution in [0.3, 0.4) is 0 Å². The van der Waals surface area contributed by atoms with Crippen LogP contribution < -0.4 is 10.1 Å². The van der Waals surface area contributed by atoms with E-state index in [1.807, 2.05) is 61.5 Å². The fourth-order valence-corrected chi connectivity index (χ4v) is 3.59. The molecule has 5 nitrogen and oxygen atoms in total. The molecule has 0 fully saturated rings. The fraction of sp³-hybridized carbons (Fsp3) is 0.120. The van der Waals surface area contributed by atoms with Crippen LogP contribution in [0.15, 0.2) is 84.6 Å². The van der Waals surface area contributed by atoms with Gasteiger partial charge in [0.2, 0.25) is 0 Å². The SMILES string of the molecule is CCOc1ccccc1NC1=C(c2ccccc2)C(=O)N(Cc2ccc(Cl)cc2)C1=O. The summed E-state index contributed by atoms with van der Waals surface area (Å²) in [5, 5.41) is 3.77. The van der Waals surface area contributed by atoms with Crippen LogP contribution in [0.4, 0.5) is 5.69 Å². The molecule has 1 heterocycles. The third-order valence-electron chi connectivity index (χ3n) is 4.93. The van der Waals surface area contributed by atoms with Gasteiger partial charge in [-0.1, -0.05) is 66.2 Å². The largest absolute Gasteiger partial charge is 0.492 e. The van der Waals surface area contributed by atoms with Crippen molar-refractivity contribution >= 4 is 34.7 Å². The molecule has 1 aliphatic heterocycles. The molecule has 31 heavy (non-hydrogen) atoms. The smallest absolute Gasteiger partial charge is 0.278 e. The number of para-hydroxylation sites is 2. The maximum absolute atomic E-state index is 13.4. The van der Waals surface area contributed by atoms with Gasteiger partial charge in [0, 0.05) is 5.02 Å². The number of anilines is 1. The van der Waals surface area contributed by atoms with Gasteiger partial charge in [-0.15, -0.1) is 0 Å². The van der Waals surface area contributed by atoms with Gasteiger partial charge in [0.05, 0.1) is 24.4 Å². The average molecular weight is 433 g/mol. The Morgan fingerprint density at radius 2 is 1.55 bits per heavy atom. The molecule has 2 amide bonds. The number of hydrogen-bond acceptors (Lipinski definition) is 4. The molecule has 6 heteroatoms.